The fourth-order valence-electron chi connectivity index (χ4n) is 7.89. The molecule has 0 rings (SSSR count). The van der Waals surface area contributed by atoms with E-state index in [-0.39, 0.29) is 42.7 Å². The Labute approximate surface area is 407 Å². The topological polar surface area (TPSA) is 102 Å². The maximum atomic E-state index is 12.8. The van der Waals surface area contributed by atoms with Crippen LogP contribution in [0.2, 0.25) is 0 Å². The molecule has 0 spiro atoms. The molecule has 0 aromatic rings. The average molecular weight is 926 g/mol. The van der Waals surface area contributed by atoms with Gasteiger partial charge in [0, 0.05) is 19.3 Å². The number of hydrogen-bond acceptors (Lipinski definition) is 7. The molecular formula is C58H103NO7. The van der Waals surface area contributed by atoms with E-state index in [9.17, 15) is 19.5 Å². The van der Waals surface area contributed by atoms with Crippen LogP contribution in [0.5, 0.6) is 0 Å². The Balaban J connectivity index is 4.22. The van der Waals surface area contributed by atoms with E-state index in [1.165, 1.54) is 148 Å². The van der Waals surface area contributed by atoms with E-state index in [2.05, 4.69) is 74.6 Å². The van der Waals surface area contributed by atoms with Crippen molar-refractivity contribution in [3.63, 3.8) is 0 Å². The normalized spacial score (nSPS) is 13.3. The number of quaternary nitrogens is 1. The molecule has 0 saturated heterocycles. The first-order valence-electron chi connectivity index (χ1n) is 27.3. The van der Waals surface area contributed by atoms with Crippen molar-refractivity contribution in [2.75, 3.05) is 41.0 Å². The van der Waals surface area contributed by atoms with E-state index in [1.54, 1.807) is 21.1 Å². The Bertz CT molecular complexity index is 1260. The van der Waals surface area contributed by atoms with Crippen molar-refractivity contribution in [1.82, 2.24) is 0 Å². The molecule has 0 aliphatic rings. The number of allylic oxidation sites excluding steroid dienone is 10. The summed E-state index contributed by atoms with van der Waals surface area (Å²) in [5, 5.41) is 11.7. The molecule has 0 aliphatic carbocycles. The van der Waals surface area contributed by atoms with Gasteiger partial charge in [0.05, 0.1) is 40.3 Å². The Kier molecular flexibility index (Phi) is 46.3. The molecule has 0 bridgehead atoms. The molecule has 0 aromatic heterocycles. The van der Waals surface area contributed by atoms with Gasteiger partial charge in [0.15, 0.2) is 6.10 Å². The van der Waals surface area contributed by atoms with Gasteiger partial charge in [-0.25, -0.2) is 0 Å². The summed E-state index contributed by atoms with van der Waals surface area (Å²) >= 11 is 0. The smallest absolute Gasteiger partial charge is 0.306 e. The van der Waals surface area contributed by atoms with Crippen molar-refractivity contribution in [2.45, 2.75) is 251 Å². The van der Waals surface area contributed by atoms with Crippen molar-refractivity contribution in [2.24, 2.45) is 0 Å². The molecule has 2 atom stereocenters. The molecular weight excluding hydrogens is 823 g/mol. The van der Waals surface area contributed by atoms with Gasteiger partial charge in [-0.2, -0.15) is 0 Å². The second-order valence-electron chi connectivity index (χ2n) is 19.5. The van der Waals surface area contributed by atoms with Crippen molar-refractivity contribution < 1.29 is 38.2 Å². The molecule has 0 saturated carbocycles. The number of likely N-dealkylation sites (N-methyl/N-ethyl adjacent to an activating group) is 1. The summed E-state index contributed by atoms with van der Waals surface area (Å²) in [5.74, 6) is -1.74. The van der Waals surface area contributed by atoms with Crippen LogP contribution in [0.3, 0.4) is 0 Å². The van der Waals surface area contributed by atoms with Crippen molar-refractivity contribution in [1.29, 1.82) is 0 Å². The van der Waals surface area contributed by atoms with Gasteiger partial charge in [0.25, 0.3) is 0 Å². The lowest BCUT2D eigenvalue weighted by Crippen LogP contribution is -2.55. The summed E-state index contributed by atoms with van der Waals surface area (Å²) in [7, 11) is 5.42. The fourth-order valence-corrected chi connectivity index (χ4v) is 7.89. The van der Waals surface area contributed by atoms with Crippen LogP contribution in [0.15, 0.2) is 60.8 Å². The van der Waals surface area contributed by atoms with E-state index >= 15 is 0 Å². The molecule has 0 fully saturated rings. The van der Waals surface area contributed by atoms with Crippen LogP contribution in [0.4, 0.5) is 0 Å². The zero-order chi connectivity index (χ0) is 48.4. The largest absolute Gasteiger partial charge is 0.544 e. The lowest BCUT2D eigenvalue weighted by atomic mass is 10.1. The maximum absolute atomic E-state index is 12.8. The highest BCUT2D eigenvalue weighted by molar-refractivity contribution is 5.70. The molecule has 2 unspecified atom stereocenters. The number of carbonyl (C=O) groups is 3. The maximum Gasteiger partial charge on any atom is 0.306 e. The van der Waals surface area contributed by atoms with Crippen LogP contribution in [0.25, 0.3) is 0 Å². The third-order valence-electron chi connectivity index (χ3n) is 12.2. The zero-order valence-corrected chi connectivity index (χ0v) is 43.6. The van der Waals surface area contributed by atoms with Crippen LogP contribution in [-0.2, 0) is 28.6 Å². The van der Waals surface area contributed by atoms with Gasteiger partial charge in [-0.3, -0.25) is 9.59 Å². The number of aliphatic carboxylic acids is 1. The van der Waals surface area contributed by atoms with Crippen molar-refractivity contribution >= 4 is 17.9 Å². The molecule has 0 aromatic carbocycles. The van der Waals surface area contributed by atoms with E-state index in [4.69, 9.17) is 14.2 Å². The summed E-state index contributed by atoms with van der Waals surface area (Å²) in [5.41, 5.74) is 0. The third-order valence-corrected chi connectivity index (χ3v) is 12.2. The van der Waals surface area contributed by atoms with Gasteiger partial charge in [-0.05, 0) is 77.0 Å². The van der Waals surface area contributed by atoms with E-state index in [0.717, 1.165) is 57.8 Å². The number of nitrogens with zero attached hydrogens (tertiary/aromatic N) is 1. The van der Waals surface area contributed by atoms with Gasteiger partial charge in [-0.15, -0.1) is 0 Å². The van der Waals surface area contributed by atoms with Crippen molar-refractivity contribution in [3.8, 4) is 0 Å². The highest BCUT2D eigenvalue weighted by Crippen LogP contribution is 2.15. The monoisotopic (exact) mass is 926 g/mol. The standard InChI is InChI=1S/C58H103NO7/c1-6-8-10-12-14-16-18-20-22-24-26-28-29-31-32-34-36-38-40-42-44-46-48-56(60)65-53-54(52-64-51-50-55(58(62)63)59(3,4)5)66-57(61)49-47-45-43-41-39-37-35-33-30-27-25-23-21-19-17-15-13-11-9-7-2/h14,16-17,19-23,26,28,54-55H,6-13,15,18,24-25,27,29-53H2,1-5H3/b16-14+,19-17+,22-20+,23-21+,28-26+. The minimum Gasteiger partial charge on any atom is -0.544 e. The van der Waals surface area contributed by atoms with Crippen LogP contribution in [0, 0.1) is 0 Å². The summed E-state index contributed by atoms with van der Waals surface area (Å²) in [6.45, 7) is 4.63. The molecule has 0 N–H and O–H groups in total. The van der Waals surface area contributed by atoms with Crippen LogP contribution >= 0.6 is 0 Å². The number of carboxylic acids is 1. The quantitative estimate of drug-likeness (QED) is 0.0197. The predicted molar refractivity (Wildman–Crippen MR) is 277 cm³/mol. The van der Waals surface area contributed by atoms with E-state index < -0.39 is 18.1 Å². The molecule has 8 heteroatoms. The molecule has 0 aliphatic heterocycles. The summed E-state index contributed by atoms with van der Waals surface area (Å²) in [6.07, 6.45) is 61.0. The molecule has 382 valence electrons. The molecule has 66 heavy (non-hydrogen) atoms. The van der Waals surface area contributed by atoms with Gasteiger partial charge in [0.2, 0.25) is 0 Å². The summed E-state index contributed by atoms with van der Waals surface area (Å²) < 4.78 is 17.3. The van der Waals surface area contributed by atoms with Crippen molar-refractivity contribution in [3.05, 3.63) is 60.8 Å². The number of carboxylic acid groups (broad SMARTS) is 1. The summed E-state index contributed by atoms with van der Waals surface area (Å²) in [4.78, 5) is 37.1. The van der Waals surface area contributed by atoms with Gasteiger partial charge in [-0.1, -0.05) is 203 Å². The van der Waals surface area contributed by atoms with Crippen LogP contribution in [0.1, 0.15) is 239 Å². The Morgan fingerprint density at radius 1 is 0.470 bits per heavy atom. The van der Waals surface area contributed by atoms with E-state index in [1.807, 2.05) is 0 Å². The second kappa shape index (κ2) is 48.5. The Morgan fingerprint density at radius 2 is 0.848 bits per heavy atom. The molecule has 0 heterocycles. The Hall–Kier alpha value is -2.97. The highest BCUT2D eigenvalue weighted by Gasteiger charge is 2.25. The SMILES string of the molecule is CCCCC/C=C/C/C=C/C/C=C/CCCCCCCCCCCC(=O)OCC(COCCC(C(=O)[O-])[N+](C)(C)C)OC(=O)CCCCCCCCCCCC/C=C/C=C/CCCCCC. The van der Waals surface area contributed by atoms with Crippen LogP contribution < -0.4 is 5.11 Å². The number of esters is 2. The highest BCUT2D eigenvalue weighted by atomic mass is 16.6. The minimum atomic E-state index is -1.13. The number of ether oxygens (including phenoxy) is 3. The zero-order valence-electron chi connectivity index (χ0n) is 43.6. The van der Waals surface area contributed by atoms with Gasteiger partial charge >= 0.3 is 11.9 Å². The Morgan fingerprint density at radius 3 is 1.30 bits per heavy atom. The minimum absolute atomic E-state index is 0.0368. The summed E-state index contributed by atoms with van der Waals surface area (Å²) in [6, 6.07) is -0.730. The van der Waals surface area contributed by atoms with Gasteiger partial charge < -0.3 is 28.6 Å². The average Bonchev–Trinajstić information content (AvgIpc) is 3.28. The first-order valence-corrected chi connectivity index (χ1v) is 27.3. The lowest BCUT2D eigenvalue weighted by Gasteiger charge is -2.34. The molecule has 0 amide bonds. The number of hydrogen-bond donors (Lipinski definition) is 0. The second-order valence-corrected chi connectivity index (χ2v) is 19.5. The van der Waals surface area contributed by atoms with E-state index in [0.29, 0.717) is 12.8 Å². The number of unbranched alkanes of at least 4 members (excludes halogenated alkanes) is 26. The predicted octanol–water partition coefficient (Wildman–Crippen LogP) is 14.8. The van der Waals surface area contributed by atoms with Gasteiger partial charge in [0.1, 0.15) is 12.6 Å². The lowest BCUT2D eigenvalue weighted by molar-refractivity contribution is -0.889. The fraction of sp³-hybridized carbons (Fsp3) is 0.776. The first kappa shape index (κ1) is 63.0. The van der Waals surface area contributed by atoms with Crippen LogP contribution in [-0.4, -0.2) is 75.5 Å². The third kappa shape index (κ3) is 46.2. The number of rotatable bonds is 49. The first-order chi connectivity index (χ1) is 32.1. The molecule has 0 radical (unpaired) electrons. The number of carbonyl (C=O) groups excluding carboxylic acids is 3. The molecule has 8 nitrogen and oxygen atoms in total.